The lowest BCUT2D eigenvalue weighted by atomic mass is 9.95. The highest BCUT2D eigenvalue weighted by atomic mass is 35.5. The molecule has 0 saturated carbocycles. The van der Waals surface area contributed by atoms with E-state index in [0.717, 1.165) is 0 Å². The van der Waals surface area contributed by atoms with Crippen molar-refractivity contribution in [2.45, 2.75) is 12.8 Å². The van der Waals surface area contributed by atoms with Crippen molar-refractivity contribution in [3.05, 3.63) is 64.7 Å². The number of amides is 2. The van der Waals surface area contributed by atoms with Crippen LogP contribution in [0.1, 0.15) is 23.2 Å². The van der Waals surface area contributed by atoms with Crippen LogP contribution in [0, 0.1) is 17.6 Å². The number of hydrogen-bond donors (Lipinski definition) is 1. The summed E-state index contributed by atoms with van der Waals surface area (Å²) in [5.74, 6) is -1.53. The first-order valence-electron chi connectivity index (χ1n) is 8.25. The van der Waals surface area contributed by atoms with Gasteiger partial charge in [0.25, 0.3) is 5.91 Å². The van der Waals surface area contributed by atoms with Crippen LogP contribution in [0.2, 0.25) is 5.02 Å². The number of benzene rings is 2. The molecule has 7 heteroatoms. The fourth-order valence-corrected chi connectivity index (χ4v) is 3.12. The van der Waals surface area contributed by atoms with Gasteiger partial charge in [0.1, 0.15) is 11.6 Å². The maximum Gasteiger partial charge on any atom is 0.253 e. The van der Waals surface area contributed by atoms with E-state index in [1.807, 2.05) is 0 Å². The number of hydrogen-bond acceptors (Lipinski definition) is 2. The highest BCUT2D eigenvalue weighted by Gasteiger charge is 2.28. The molecule has 26 heavy (non-hydrogen) atoms. The summed E-state index contributed by atoms with van der Waals surface area (Å²) in [6.07, 6.45) is 1.04. The zero-order valence-electron chi connectivity index (χ0n) is 13.8. The second-order valence-corrected chi connectivity index (χ2v) is 6.60. The predicted octanol–water partition coefficient (Wildman–Crippen LogP) is 4.11. The second-order valence-electron chi connectivity index (χ2n) is 6.19. The average molecular weight is 379 g/mol. The molecule has 1 aliphatic rings. The first-order chi connectivity index (χ1) is 12.4. The molecule has 2 amide bonds. The summed E-state index contributed by atoms with van der Waals surface area (Å²) in [4.78, 5) is 26.4. The van der Waals surface area contributed by atoms with E-state index in [-0.39, 0.29) is 22.8 Å². The quantitative estimate of drug-likeness (QED) is 0.873. The summed E-state index contributed by atoms with van der Waals surface area (Å²) in [7, 11) is 0. The van der Waals surface area contributed by atoms with Gasteiger partial charge in [-0.05, 0) is 55.3 Å². The molecule has 4 nitrogen and oxygen atoms in total. The summed E-state index contributed by atoms with van der Waals surface area (Å²) >= 11 is 5.71. The molecule has 136 valence electrons. The largest absolute Gasteiger partial charge is 0.339 e. The van der Waals surface area contributed by atoms with Crippen LogP contribution in [0.5, 0.6) is 0 Å². The average Bonchev–Trinajstić information content (AvgIpc) is 2.65. The number of carbonyl (C=O) groups excluding carboxylic acids is 2. The Labute approximate surface area is 154 Å². The minimum absolute atomic E-state index is 0.0532. The van der Waals surface area contributed by atoms with E-state index in [9.17, 15) is 18.4 Å². The van der Waals surface area contributed by atoms with Gasteiger partial charge < -0.3 is 10.2 Å². The van der Waals surface area contributed by atoms with E-state index in [4.69, 9.17) is 11.6 Å². The highest BCUT2D eigenvalue weighted by Crippen LogP contribution is 2.23. The molecule has 0 aromatic heterocycles. The molecule has 3 rings (SSSR count). The van der Waals surface area contributed by atoms with Gasteiger partial charge in [-0.2, -0.15) is 0 Å². The van der Waals surface area contributed by atoms with Crippen LogP contribution in [0.3, 0.4) is 0 Å². The molecule has 2 aromatic rings. The molecule has 0 bridgehead atoms. The van der Waals surface area contributed by atoms with Crippen molar-refractivity contribution in [3.8, 4) is 0 Å². The van der Waals surface area contributed by atoms with Crippen molar-refractivity contribution in [2.75, 3.05) is 18.4 Å². The predicted molar refractivity (Wildman–Crippen MR) is 95.1 cm³/mol. The number of halogens is 3. The Kier molecular flexibility index (Phi) is 5.52. The highest BCUT2D eigenvalue weighted by molar-refractivity contribution is 6.31. The van der Waals surface area contributed by atoms with E-state index in [1.54, 1.807) is 4.90 Å². The van der Waals surface area contributed by atoms with Gasteiger partial charge in [-0.15, -0.1) is 0 Å². The normalized spacial score (nSPS) is 15.0. The van der Waals surface area contributed by atoms with Crippen molar-refractivity contribution >= 4 is 29.1 Å². The summed E-state index contributed by atoms with van der Waals surface area (Å²) in [5.41, 5.74) is 0.862. The fourth-order valence-electron chi connectivity index (χ4n) is 2.94. The molecule has 1 N–H and O–H groups in total. The van der Waals surface area contributed by atoms with Crippen LogP contribution in [0.4, 0.5) is 14.5 Å². The van der Waals surface area contributed by atoms with Gasteiger partial charge in [0.2, 0.25) is 5.91 Å². The number of carbonyl (C=O) groups is 2. The Bertz CT molecular complexity index is 819. The minimum Gasteiger partial charge on any atom is -0.339 e. The zero-order chi connectivity index (χ0) is 18.7. The molecule has 0 spiro atoms. The SMILES string of the molecule is O=C(Nc1ccc(F)c(Cl)c1)C1CCN(C(=O)c2ccc(F)cc2)CC1. The topological polar surface area (TPSA) is 49.4 Å². The van der Waals surface area contributed by atoms with E-state index < -0.39 is 11.6 Å². The number of rotatable bonds is 3. The third kappa shape index (κ3) is 4.19. The maximum atomic E-state index is 13.2. The van der Waals surface area contributed by atoms with Gasteiger partial charge >= 0.3 is 0 Å². The Hall–Kier alpha value is -2.47. The molecule has 1 saturated heterocycles. The minimum atomic E-state index is -0.544. The number of likely N-dealkylation sites (tertiary alicyclic amines) is 1. The van der Waals surface area contributed by atoms with Crippen LogP contribution in [0.15, 0.2) is 42.5 Å². The second kappa shape index (κ2) is 7.83. The van der Waals surface area contributed by atoms with Crippen molar-refractivity contribution in [2.24, 2.45) is 5.92 Å². The number of anilines is 1. The van der Waals surface area contributed by atoms with Crippen LogP contribution in [-0.2, 0) is 4.79 Å². The van der Waals surface area contributed by atoms with E-state index in [0.29, 0.717) is 37.2 Å². The van der Waals surface area contributed by atoms with Crippen molar-refractivity contribution < 1.29 is 18.4 Å². The first-order valence-corrected chi connectivity index (χ1v) is 8.62. The molecule has 1 fully saturated rings. The lowest BCUT2D eigenvalue weighted by Crippen LogP contribution is -2.41. The molecule has 1 heterocycles. The van der Waals surface area contributed by atoms with Gasteiger partial charge in [0.05, 0.1) is 5.02 Å². The van der Waals surface area contributed by atoms with E-state index in [2.05, 4.69) is 5.32 Å². The van der Waals surface area contributed by atoms with Crippen molar-refractivity contribution in [1.82, 2.24) is 4.90 Å². The van der Waals surface area contributed by atoms with Gasteiger partial charge in [-0.1, -0.05) is 11.6 Å². The zero-order valence-corrected chi connectivity index (χ0v) is 14.6. The Morgan fingerprint density at radius 1 is 1.04 bits per heavy atom. The molecule has 2 aromatic carbocycles. The summed E-state index contributed by atoms with van der Waals surface area (Å²) in [6.45, 7) is 0.886. The Morgan fingerprint density at radius 3 is 2.31 bits per heavy atom. The van der Waals surface area contributed by atoms with Gasteiger partial charge in [0.15, 0.2) is 0 Å². The first kappa shape index (κ1) is 18.3. The fraction of sp³-hybridized carbons (Fsp3) is 0.263. The van der Waals surface area contributed by atoms with Gasteiger partial charge in [-0.25, -0.2) is 8.78 Å². The van der Waals surface area contributed by atoms with Crippen LogP contribution in [-0.4, -0.2) is 29.8 Å². The van der Waals surface area contributed by atoms with Crippen molar-refractivity contribution in [3.63, 3.8) is 0 Å². The number of nitrogens with zero attached hydrogens (tertiary/aromatic N) is 1. The van der Waals surface area contributed by atoms with Crippen molar-refractivity contribution in [1.29, 1.82) is 0 Å². The van der Waals surface area contributed by atoms with Crippen LogP contribution in [0.25, 0.3) is 0 Å². The summed E-state index contributed by atoms with van der Waals surface area (Å²) in [6, 6.07) is 9.42. The number of nitrogens with one attached hydrogen (secondary N) is 1. The summed E-state index contributed by atoms with van der Waals surface area (Å²) in [5, 5.41) is 2.67. The lowest BCUT2D eigenvalue weighted by molar-refractivity contribution is -0.121. The molecule has 0 aliphatic carbocycles. The number of piperidine rings is 1. The molecule has 1 aliphatic heterocycles. The van der Waals surface area contributed by atoms with Crippen LogP contribution < -0.4 is 5.32 Å². The van der Waals surface area contributed by atoms with Crippen LogP contribution >= 0.6 is 11.6 Å². The lowest BCUT2D eigenvalue weighted by Gasteiger charge is -2.31. The van der Waals surface area contributed by atoms with Gasteiger partial charge in [0, 0.05) is 30.3 Å². The van der Waals surface area contributed by atoms with E-state index in [1.165, 1.54) is 42.5 Å². The molecular formula is C19H17ClF2N2O2. The third-order valence-corrected chi connectivity index (χ3v) is 4.72. The Balaban J connectivity index is 1.55. The third-order valence-electron chi connectivity index (χ3n) is 4.43. The maximum absolute atomic E-state index is 13.2. The smallest absolute Gasteiger partial charge is 0.253 e. The van der Waals surface area contributed by atoms with Gasteiger partial charge in [-0.3, -0.25) is 9.59 Å². The molecule has 0 radical (unpaired) electrons. The molecular weight excluding hydrogens is 362 g/mol. The Morgan fingerprint density at radius 2 is 1.69 bits per heavy atom. The monoisotopic (exact) mass is 378 g/mol. The summed E-state index contributed by atoms with van der Waals surface area (Å²) < 4.78 is 26.1. The standard InChI is InChI=1S/C19H17ClF2N2O2/c20-16-11-15(5-6-17(16)22)23-18(25)12-7-9-24(10-8-12)19(26)13-1-3-14(21)4-2-13/h1-6,11-12H,7-10H2,(H,23,25). The van der Waals surface area contributed by atoms with E-state index >= 15 is 0 Å². The molecule has 0 unspecified atom stereocenters. The molecule has 0 atom stereocenters.